The second kappa shape index (κ2) is 5.69. The lowest BCUT2D eigenvalue weighted by atomic mass is 9.91. The molecule has 0 saturated carbocycles. The van der Waals surface area contributed by atoms with Crippen LogP contribution in [0.3, 0.4) is 0 Å². The Balaban J connectivity index is 3.64. The molecular weight excluding hydrogens is 232 g/mol. The Morgan fingerprint density at radius 2 is 1.56 bits per heavy atom. The molecule has 0 bridgehead atoms. The number of hydrogen-bond acceptors (Lipinski definition) is 4. The Labute approximate surface area is 108 Å². The molecule has 102 valence electrons. The van der Waals surface area contributed by atoms with E-state index in [1.165, 1.54) is 0 Å². The first kappa shape index (κ1) is 15.0. The first-order chi connectivity index (χ1) is 8.40. The van der Waals surface area contributed by atoms with Gasteiger partial charge in [-0.3, -0.25) is 0 Å². The third-order valence-corrected chi connectivity index (χ3v) is 3.23. The summed E-state index contributed by atoms with van der Waals surface area (Å²) in [5.74, 6) is -2.02. The van der Waals surface area contributed by atoms with Crippen molar-refractivity contribution in [1.29, 1.82) is 0 Å². The van der Waals surface area contributed by atoms with Crippen molar-refractivity contribution in [2.75, 3.05) is 7.11 Å². The van der Waals surface area contributed by atoms with Crippen molar-refractivity contribution in [3.63, 3.8) is 0 Å². The Morgan fingerprint density at radius 1 is 1.00 bits per heavy atom. The summed E-state index contributed by atoms with van der Waals surface area (Å²) in [5.41, 5.74) is 2.68. The highest BCUT2D eigenvalue weighted by Crippen LogP contribution is 2.34. The largest absolute Gasteiger partial charge is 0.496 e. The zero-order valence-corrected chi connectivity index (χ0v) is 11.4. The Kier molecular flexibility index (Phi) is 4.73. The van der Waals surface area contributed by atoms with Crippen LogP contribution in [-0.2, 0) is 25.2 Å². The first-order valence-electron chi connectivity index (χ1n) is 6.29. The van der Waals surface area contributed by atoms with Crippen LogP contribution in [0.5, 0.6) is 5.75 Å². The lowest BCUT2D eigenvalue weighted by molar-refractivity contribution is -0.324. The van der Waals surface area contributed by atoms with Crippen LogP contribution in [0.1, 0.15) is 43.0 Å². The summed E-state index contributed by atoms with van der Waals surface area (Å²) in [6.45, 7) is 5.85. The molecule has 0 aliphatic rings. The van der Waals surface area contributed by atoms with Gasteiger partial charge in [0.2, 0.25) is 0 Å². The van der Waals surface area contributed by atoms with Gasteiger partial charge in [-0.15, -0.1) is 0 Å². The van der Waals surface area contributed by atoms with Crippen LogP contribution in [0, 0.1) is 0 Å². The average molecular weight is 254 g/mol. The summed E-state index contributed by atoms with van der Waals surface area (Å²) < 4.78 is 5.42. The fourth-order valence-corrected chi connectivity index (χ4v) is 2.41. The van der Waals surface area contributed by atoms with Gasteiger partial charge in [-0.25, -0.2) is 0 Å². The summed E-state index contributed by atoms with van der Waals surface area (Å²) in [4.78, 5) is 0. The standard InChI is InChI=1S/C14H22O4/c1-5-9-8-12(14(15,16)17)10(6-2)11(7-3)13(9)18-4/h8,15-17H,5-7H2,1-4H3. The zero-order chi connectivity index (χ0) is 13.9. The molecule has 0 heterocycles. The molecule has 1 rings (SSSR count). The van der Waals surface area contributed by atoms with E-state index in [1.54, 1.807) is 13.2 Å². The number of hydrogen-bond donors (Lipinski definition) is 3. The van der Waals surface area contributed by atoms with Crippen molar-refractivity contribution in [1.82, 2.24) is 0 Å². The fourth-order valence-electron chi connectivity index (χ4n) is 2.41. The van der Waals surface area contributed by atoms with Gasteiger partial charge in [0.1, 0.15) is 5.75 Å². The number of rotatable bonds is 5. The van der Waals surface area contributed by atoms with E-state index in [4.69, 9.17) is 4.74 Å². The number of aryl methyl sites for hydroxylation is 1. The Hall–Kier alpha value is -1.10. The van der Waals surface area contributed by atoms with E-state index in [0.29, 0.717) is 19.3 Å². The normalized spacial score (nSPS) is 11.7. The van der Waals surface area contributed by atoms with Crippen LogP contribution >= 0.6 is 0 Å². The van der Waals surface area contributed by atoms with Crippen molar-refractivity contribution in [3.8, 4) is 5.75 Å². The lowest BCUT2D eigenvalue weighted by Gasteiger charge is -2.24. The molecule has 0 aromatic heterocycles. The van der Waals surface area contributed by atoms with E-state index in [-0.39, 0.29) is 5.56 Å². The van der Waals surface area contributed by atoms with E-state index in [1.807, 2.05) is 20.8 Å². The predicted molar refractivity (Wildman–Crippen MR) is 69.5 cm³/mol. The van der Waals surface area contributed by atoms with Gasteiger partial charge < -0.3 is 20.1 Å². The third kappa shape index (κ3) is 2.66. The fraction of sp³-hybridized carbons (Fsp3) is 0.571. The molecule has 4 nitrogen and oxygen atoms in total. The smallest absolute Gasteiger partial charge is 0.304 e. The highest BCUT2D eigenvalue weighted by Gasteiger charge is 2.28. The molecule has 0 atom stereocenters. The molecule has 0 aliphatic heterocycles. The monoisotopic (exact) mass is 254 g/mol. The van der Waals surface area contributed by atoms with E-state index >= 15 is 0 Å². The minimum Gasteiger partial charge on any atom is -0.496 e. The maximum absolute atomic E-state index is 9.47. The molecule has 1 aromatic rings. The molecule has 0 saturated heterocycles. The van der Waals surface area contributed by atoms with Crippen LogP contribution in [0.25, 0.3) is 0 Å². The number of aliphatic hydroxyl groups is 3. The Morgan fingerprint density at radius 3 is 1.89 bits per heavy atom. The number of ether oxygens (including phenoxy) is 1. The third-order valence-electron chi connectivity index (χ3n) is 3.23. The minimum atomic E-state index is -2.80. The molecule has 0 unspecified atom stereocenters. The van der Waals surface area contributed by atoms with Gasteiger partial charge in [0.25, 0.3) is 0 Å². The number of benzene rings is 1. The van der Waals surface area contributed by atoms with E-state index < -0.39 is 5.97 Å². The lowest BCUT2D eigenvalue weighted by Crippen LogP contribution is -2.26. The number of methoxy groups -OCH3 is 1. The molecule has 0 aliphatic carbocycles. The zero-order valence-electron chi connectivity index (χ0n) is 11.4. The predicted octanol–water partition coefficient (Wildman–Crippen LogP) is 1.47. The van der Waals surface area contributed by atoms with Gasteiger partial charge >= 0.3 is 5.97 Å². The second-order valence-corrected chi connectivity index (χ2v) is 4.27. The molecular formula is C14H22O4. The van der Waals surface area contributed by atoms with Crippen LogP contribution < -0.4 is 4.74 Å². The van der Waals surface area contributed by atoms with Crippen molar-refractivity contribution < 1.29 is 20.1 Å². The van der Waals surface area contributed by atoms with Crippen LogP contribution in [0.15, 0.2) is 6.07 Å². The van der Waals surface area contributed by atoms with Gasteiger partial charge in [-0.2, -0.15) is 0 Å². The van der Waals surface area contributed by atoms with Gasteiger partial charge in [0.05, 0.1) is 7.11 Å². The minimum absolute atomic E-state index is 0.152. The summed E-state index contributed by atoms with van der Waals surface area (Å²) in [6, 6.07) is 1.61. The topological polar surface area (TPSA) is 69.9 Å². The van der Waals surface area contributed by atoms with Gasteiger partial charge in [0.15, 0.2) is 0 Å². The molecule has 0 amide bonds. The van der Waals surface area contributed by atoms with Crippen molar-refractivity contribution in [2.24, 2.45) is 0 Å². The average Bonchev–Trinajstić information content (AvgIpc) is 2.34. The summed E-state index contributed by atoms with van der Waals surface area (Å²) in [5, 5.41) is 28.4. The second-order valence-electron chi connectivity index (χ2n) is 4.27. The van der Waals surface area contributed by atoms with Gasteiger partial charge in [0, 0.05) is 5.56 Å². The van der Waals surface area contributed by atoms with E-state index in [0.717, 1.165) is 22.4 Å². The van der Waals surface area contributed by atoms with Crippen LogP contribution in [0.4, 0.5) is 0 Å². The quantitative estimate of drug-likeness (QED) is 0.696. The molecule has 3 N–H and O–H groups in total. The molecule has 1 aromatic carbocycles. The SMILES string of the molecule is CCc1cc(C(O)(O)O)c(CC)c(CC)c1OC. The first-order valence-corrected chi connectivity index (χ1v) is 6.29. The van der Waals surface area contributed by atoms with Crippen molar-refractivity contribution >= 4 is 0 Å². The van der Waals surface area contributed by atoms with Gasteiger partial charge in [-0.05, 0) is 42.0 Å². The molecule has 0 spiro atoms. The van der Waals surface area contributed by atoms with E-state index in [9.17, 15) is 15.3 Å². The van der Waals surface area contributed by atoms with E-state index in [2.05, 4.69) is 0 Å². The molecule has 0 radical (unpaired) electrons. The van der Waals surface area contributed by atoms with Crippen LogP contribution in [0.2, 0.25) is 0 Å². The summed E-state index contributed by atoms with van der Waals surface area (Å²) >= 11 is 0. The molecule has 4 heteroatoms. The summed E-state index contributed by atoms with van der Waals surface area (Å²) in [7, 11) is 1.61. The summed E-state index contributed by atoms with van der Waals surface area (Å²) in [6.07, 6.45) is 2.01. The maximum atomic E-state index is 9.47. The molecule has 0 fully saturated rings. The van der Waals surface area contributed by atoms with Gasteiger partial charge in [-0.1, -0.05) is 20.8 Å². The highest BCUT2D eigenvalue weighted by molar-refractivity contribution is 5.51. The Bertz CT molecular complexity index is 419. The highest BCUT2D eigenvalue weighted by atomic mass is 16.7. The maximum Gasteiger partial charge on any atom is 0.304 e. The van der Waals surface area contributed by atoms with Crippen molar-refractivity contribution in [3.05, 3.63) is 28.3 Å². The van der Waals surface area contributed by atoms with Crippen molar-refractivity contribution in [2.45, 2.75) is 46.0 Å². The molecule has 18 heavy (non-hydrogen) atoms. The van der Waals surface area contributed by atoms with Crippen LogP contribution in [-0.4, -0.2) is 22.4 Å².